The summed E-state index contributed by atoms with van der Waals surface area (Å²) in [5.41, 5.74) is 0. The molecule has 0 spiro atoms. The molecule has 0 aromatic heterocycles. The normalized spacial score (nSPS) is 10.9. The van der Waals surface area contributed by atoms with Crippen LogP contribution in [-0.2, 0) is 23.8 Å². The molecule has 0 heterocycles. The fourth-order valence-electron chi connectivity index (χ4n) is 1.07. The second-order valence-electron chi connectivity index (χ2n) is 3.96. The van der Waals surface area contributed by atoms with E-state index in [1.54, 1.807) is 13.8 Å². The van der Waals surface area contributed by atoms with Gasteiger partial charge in [-0.1, -0.05) is 13.8 Å². The van der Waals surface area contributed by atoms with Gasteiger partial charge in [0.2, 0.25) is 6.29 Å². The Bertz CT molecular complexity index is 231. The number of hydrogen-bond donors (Lipinski definition) is 0. The summed E-state index contributed by atoms with van der Waals surface area (Å²) in [6, 6.07) is 0. The Hall–Kier alpha value is -0.940. The van der Waals surface area contributed by atoms with Crippen LogP contribution < -0.4 is 0 Å². The molecule has 0 aliphatic carbocycles. The van der Waals surface area contributed by atoms with E-state index in [9.17, 15) is 9.59 Å². The molecule has 0 aromatic rings. The smallest absolute Gasteiger partial charge is 0.313 e. The Kier molecular flexibility index (Phi) is 8.62. The predicted octanol–water partition coefficient (Wildman–Crippen LogP) is 1.54. The highest BCUT2D eigenvalue weighted by atomic mass is 16.7. The van der Waals surface area contributed by atoms with Gasteiger partial charge in [0.15, 0.2) is 5.78 Å². The molecule has 0 amide bonds. The lowest BCUT2D eigenvalue weighted by molar-refractivity contribution is -0.171. The highest BCUT2D eigenvalue weighted by Crippen LogP contribution is 2.03. The molecule has 0 N–H and O–H groups in total. The van der Waals surface area contributed by atoms with Crippen molar-refractivity contribution in [1.29, 1.82) is 0 Å². The molecule has 5 heteroatoms. The van der Waals surface area contributed by atoms with Gasteiger partial charge in [0.05, 0.1) is 6.61 Å². The molecule has 17 heavy (non-hydrogen) atoms. The van der Waals surface area contributed by atoms with Crippen LogP contribution in [0.2, 0.25) is 0 Å². The summed E-state index contributed by atoms with van der Waals surface area (Å²) in [6.45, 7) is 8.41. The van der Waals surface area contributed by atoms with Crippen molar-refractivity contribution >= 4 is 11.8 Å². The van der Waals surface area contributed by atoms with Gasteiger partial charge in [0, 0.05) is 13.2 Å². The van der Waals surface area contributed by atoms with E-state index in [4.69, 9.17) is 14.2 Å². The van der Waals surface area contributed by atoms with E-state index in [-0.39, 0.29) is 12.3 Å². The number of ketones is 1. The largest absolute Gasteiger partial charge is 0.465 e. The van der Waals surface area contributed by atoms with E-state index < -0.39 is 18.0 Å². The molecule has 0 atom stereocenters. The minimum absolute atomic E-state index is 0.253. The Balaban J connectivity index is 4.06. The maximum absolute atomic E-state index is 11.6. The first-order valence-electron chi connectivity index (χ1n) is 5.92. The number of carbonyl (C=O) groups is 2. The minimum Gasteiger partial charge on any atom is -0.465 e. The first-order valence-corrected chi connectivity index (χ1v) is 5.92. The first kappa shape index (κ1) is 16.1. The van der Waals surface area contributed by atoms with Crippen molar-refractivity contribution in [3.05, 3.63) is 0 Å². The summed E-state index contributed by atoms with van der Waals surface area (Å²) < 4.78 is 15.1. The van der Waals surface area contributed by atoms with E-state index in [1.165, 1.54) is 0 Å². The van der Waals surface area contributed by atoms with Gasteiger partial charge < -0.3 is 14.2 Å². The summed E-state index contributed by atoms with van der Waals surface area (Å²) in [6.07, 6.45) is -1.27. The standard InChI is InChI=1S/C12H22O5/c1-5-15-12(16-6-2)10(13)7-11(14)17-8-9(3)4/h9,12H,5-8H2,1-4H3. The first-order chi connectivity index (χ1) is 8.01. The third-order valence-corrected chi connectivity index (χ3v) is 1.80. The van der Waals surface area contributed by atoms with Crippen LogP contribution in [0.15, 0.2) is 0 Å². The van der Waals surface area contributed by atoms with Gasteiger partial charge in [-0.15, -0.1) is 0 Å². The molecule has 5 nitrogen and oxygen atoms in total. The second kappa shape index (κ2) is 9.13. The van der Waals surface area contributed by atoms with Gasteiger partial charge in [-0.25, -0.2) is 0 Å². The van der Waals surface area contributed by atoms with Crippen LogP contribution in [0.1, 0.15) is 34.1 Å². The van der Waals surface area contributed by atoms with Crippen LogP contribution in [0, 0.1) is 5.92 Å². The van der Waals surface area contributed by atoms with Crippen molar-refractivity contribution in [2.75, 3.05) is 19.8 Å². The minimum atomic E-state index is -0.961. The lowest BCUT2D eigenvalue weighted by Gasteiger charge is -2.15. The number of carbonyl (C=O) groups excluding carboxylic acids is 2. The molecule has 0 aromatic carbocycles. The predicted molar refractivity (Wildman–Crippen MR) is 62.5 cm³/mol. The van der Waals surface area contributed by atoms with E-state index in [1.807, 2.05) is 13.8 Å². The highest BCUT2D eigenvalue weighted by Gasteiger charge is 2.22. The second-order valence-corrected chi connectivity index (χ2v) is 3.96. The van der Waals surface area contributed by atoms with Crippen molar-refractivity contribution in [3.63, 3.8) is 0 Å². The fourth-order valence-corrected chi connectivity index (χ4v) is 1.07. The van der Waals surface area contributed by atoms with Gasteiger partial charge in [0.25, 0.3) is 0 Å². The molecule has 0 saturated carbocycles. The lowest BCUT2D eigenvalue weighted by atomic mass is 10.2. The number of ether oxygens (including phenoxy) is 3. The van der Waals surface area contributed by atoms with Gasteiger partial charge in [-0.05, 0) is 19.8 Å². The Labute approximate surface area is 102 Å². The average molecular weight is 246 g/mol. The molecule has 0 fully saturated rings. The van der Waals surface area contributed by atoms with Crippen LogP contribution >= 0.6 is 0 Å². The molecule has 0 rings (SSSR count). The van der Waals surface area contributed by atoms with Crippen molar-refractivity contribution in [2.24, 2.45) is 5.92 Å². The van der Waals surface area contributed by atoms with Crippen molar-refractivity contribution in [1.82, 2.24) is 0 Å². The van der Waals surface area contributed by atoms with E-state index in [2.05, 4.69) is 0 Å². The number of esters is 1. The maximum atomic E-state index is 11.6. The number of Topliss-reactive ketones (excluding diaryl/α,β-unsaturated/α-hetero) is 1. The zero-order chi connectivity index (χ0) is 13.3. The van der Waals surface area contributed by atoms with Crippen LogP contribution in [-0.4, -0.2) is 37.9 Å². The molecule has 0 unspecified atom stereocenters. The van der Waals surface area contributed by atoms with Gasteiger partial charge in [0.1, 0.15) is 6.42 Å². The van der Waals surface area contributed by atoms with E-state index in [0.717, 1.165) is 0 Å². The summed E-state index contributed by atoms with van der Waals surface area (Å²) in [5.74, 6) is -0.681. The van der Waals surface area contributed by atoms with Crippen molar-refractivity contribution < 1.29 is 23.8 Å². The van der Waals surface area contributed by atoms with Crippen LogP contribution in [0.25, 0.3) is 0 Å². The topological polar surface area (TPSA) is 61.8 Å². The van der Waals surface area contributed by atoms with E-state index in [0.29, 0.717) is 19.8 Å². The van der Waals surface area contributed by atoms with Crippen LogP contribution in [0.3, 0.4) is 0 Å². The molecule has 0 bridgehead atoms. The quantitative estimate of drug-likeness (QED) is 0.351. The summed E-state index contributed by atoms with van der Waals surface area (Å²) in [4.78, 5) is 22.9. The third kappa shape index (κ3) is 7.88. The molecular formula is C12H22O5. The van der Waals surface area contributed by atoms with Gasteiger partial charge >= 0.3 is 5.97 Å². The number of rotatable bonds is 9. The fraction of sp³-hybridized carbons (Fsp3) is 0.833. The lowest BCUT2D eigenvalue weighted by Crippen LogP contribution is -2.30. The number of hydrogen-bond acceptors (Lipinski definition) is 5. The average Bonchev–Trinajstić information content (AvgIpc) is 2.26. The molecule has 0 saturated heterocycles. The summed E-state index contributed by atoms with van der Waals surface area (Å²) in [7, 11) is 0. The monoisotopic (exact) mass is 246 g/mol. The molecule has 100 valence electrons. The Morgan fingerprint density at radius 2 is 1.59 bits per heavy atom. The van der Waals surface area contributed by atoms with Gasteiger partial charge in [-0.2, -0.15) is 0 Å². The zero-order valence-electron chi connectivity index (χ0n) is 11.0. The van der Waals surface area contributed by atoms with Crippen LogP contribution in [0.4, 0.5) is 0 Å². The van der Waals surface area contributed by atoms with Crippen molar-refractivity contribution in [3.8, 4) is 0 Å². The van der Waals surface area contributed by atoms with E-state index >= 15 is 0 Å². The summed E-state index contributed by atoms with van der Waals surface area (Å²) in [5, 5.41) is 0. The SMILES string of the molecule is CCOC(OCC)C(=O)CC(=O)OCC(C)C. The van der Waals surface area contributed by atoms with Crippen LogP contribution in [0.5, 0.6) is 0 Å². The molecule has 0 radical (unpaired) electrons. The Morgan fingerprint density at radius 1 is 1.06 bits per heavy atom. The molecule has 0 aliphatic heterocycles. The molecule has 0 aliphatic rings. The summed E-state index contributed by atoms with van der Waals surface area (Å²) >= 11 is 0. The Morgan fingerprint density at radius 3 is 2.00 bits per heavy atom. The zero-order valence-corrected chi connectivity index (χ0v) is 11.0. The highest BCUT2D eigenvalue weighted by molar-refractivity contribution is 5.97. The maximum Gasteiger partial charge on any atom is 0.313 e. The van der Waals surface area contributed by atoms with Gasteiger partial charge in [-0.3, -0.25) is 9.59 Å². The molecular weight excluding hydrogens is 224 g/mol. The van der Waals surface area contributed by atoms with Crippen molar-refractivity contribution in [2.45, 2.75) is 40.4 Å². The third-order valence-electron chi connectivity index (χ3n) is 1.80.